The fraction of sp³-hybridized carbons (Fsp3) is 0.0667. The largest absolute Gasteiger partial charge is 0.481 e. The predicted molar refractivity (Wildman–Crippen MR) is 144 cm³/mol. The molecule has 0 saturated heterocycles. The summed E-state index contributed by atoms with van der Waals surface area (Å²) in [5.74, 6) is -0.833. The normalized spacial score (nSPS) is 10.2. The Kier molecular flexibility index (Phi) is 7.45. The molecule has 6 heteroatoms. The average Bonchev–Trinajstić information content (AvgIpc) is 2.92. The number of hydrogen-bond donors (Lipinski definition) is 2. The summed E-state index contributed by atoms with van der Waals surface area (Å²) in [5, 5.41) is 23.2. The van der Waals surface area contributed by atoms with Crippen molar-refractivity contribution in [2.75, 3.05) is 0 Å². The molecule has 0 saturated carbocycles. The number of carboxylic acid groups (broad SMARTS) is 1. The number of nitriles is 1. The zero-order chi connectivity index (χ0) is 25.5. The third kappa shape index (κ3) is 5.44. The first kappa shape index (κ1) is 24.3. The molecule has 6 rings (SSSR count). The Bertz CT molecular complexity index is 1730. The van der Waals surface area contributed by atoms with Crippen molar-refractivity contribution >= 4 is 49.3 Å². The van der Waals surface area contributed by atoms with Crippen molar-refractivity contribution in [1.29, 1.82) is 5.26 Å². The van der Waals surface area contributed by atoms with Crippen LogP contribution in [0.15, 0.2) is 97.1 Å². The molecule has 0 aliphatic carbocycles. The fourth-order valence-corrected chi connectivity index (χ4v) is 3.93. The second kappa shape index (κ2) is 11.0. The van der Waals surface area contributed by atoms with Crippen LogP contribution in [0.2, 0.25) is 0 Å². The van der Waals surface area contributed by atoms with Gasteiger partial charge < -0.3 is 10.8 Å². The van der Waals surface area contributed by atoms with Gasteiger partial charge in [-0.1, -0.05) is 78.9 Å². The number of nitrogens with two attached hydrogens (primary N) is 1. The van der Waals surface area contributed by atoms with Gasteiger partial charge in [0.1, 0.15) is 11.8 Å². The van der Waals surface area contributed by atoms with E-state index >= 15 is 0 Å². The topological polar surface area (TPSA) is 113 Å². The Morgan fingerprint density at radius 2 is 1.19 bits per heavy atom. The number of carbonyl (C=O) groups is 1. The van der Waals surface area contributed by atoms with E-state index in [1.807, 2.05) is 48.5 Å². The molecule has 2 heterocycles. The van der Waals surface area contributed by atoms with Crippen LogP contribution in [0, 0.1) is 11.3 Å². The highest BCUT2D eigenvalue weighted by Crippen LogP contribution is 2.24. The lowest BCUT2D eigenvalue weighted by Crippen LogP contribution is -1.99. The fourth-order valence-electron chi connectivity index (χ4n) is 3.93. The summed E-state index contributed by atoms with van der Waals surface area (Å²) in [7, 11) is 0. The van der Waals surface area contributed by atoms with Crippen molar-refractivity contribution in [1.82, 2.24) is 9.97 Å². The Morgan fingerprint density at radius 3 is 1.72 bits per heavy atom. The van der Waals surface area contributed by atoms with E-state index in [9.17, 15) is 0 Å². The van der Waals surface area contributed by atoms with Crippen molar-refractivity contribution in [3.05, 3.63) is 108 Å². The number of fused-ring (bicyclic) bond motifs is 6. The Balaban J connectivity index is 0.000000148. The van der Waals surface area contributed by atoms with Crippen LogP contribution in [0.3, 0.4) is 0 Å². The number of nitrogens with zero attached hydrogens (tertiary/aromatic N) is 3. The molecule has 0 radical (unpaired) electrons. The highest BCUT2D eigenvalue weighted by Gasteiger charge is 2.03. The van der Waals surface area contributed by atoms with Crippen LogP contribution in [0.4, 0.5) is 0 Å². The first-order chi connectivity index (χ1) is 17.5. The van der Waals surface area contributed by atoms with E-state index in [0.29, 0.717) is 12.2 Å². The maximum atomic E-state index is 9.00. The summed E-state index contributed by atoms with van der Waals surface area (Å²) < 4.78 is 0. The number of aromatic nitrogens is 2. The van der Waals surface area contributed by atoms with Gasteiger partial charge in [-0.2, -0.15) is 5.26 Å². The summed E-state index contributed by atoms with van der Waals surface area (Å²) in [6.45, 7) is 1.57. The highest BCUT2D eigenvalue weighted by molar-refractivity contribution is 6.06. The lowest BCUT2D eigenvalue weighted by atomic mass is 10.1. The summed E-state index contributed by atoms with van der Waals surface area (Å²) in [4.78, 5) is 18.0. The van der Waals surface area contributed by atoms with Crippen LogP contribution in [0.1, 0.15) is 18.3 Å². The van der Waals surface area contributed by atoms with Gasteiger partial charge in [-0.3, -0.25) is 9.78 Å². The Hall–Kier alpha value is -4.86. The van der Waals surface area contributed by atoms with Gasteiger partial charge in [0.15, 0.2) is 0 Å². The summed E-state index contributed by atoms with van der Waals surface area (Å²) in [6, 6.07) is 34.5. The molecule has 0 atom stereocenters. The zero-order valence-electron chi connectivity index (χ0n) is 19.7. The van der Waals surface area contributed by atoms with E-state index in [2.05, 4.69) is 58.5 Å². The van der Waals surface area contributed by atoms with E-state index in [0.717, 1.165) is 45.2 Å². The molecule has 36 heavy (non-hydrogen) atoms. The van der Waals surface area contributed by atoms with Gasteiger partial charge in [-0.05, 0) is 29.0 Å². The van der Waals surface area contributed by atoms with E-state index in [-0.39, 0.29) is 0 Å². The molecule has 6 nitrogen and oxygen atoms in total. The van der Waals surface area contributed by atoms with Gasteiger partial charge in [0.25, 0.3) is 5.97 Å². The molecular formula is C30H24N4O2. The quantitative estimate of drug-likeness (QED) is 0.276. The van der Waals surface area contributed by atoms with E-state index in [1.165, 1.54) is 10.8 Å². The summed E-state index contributed by atoms with van der Waals surface area (Å²) >= 11 is 0. The van der Waals surface area contributed by atoms with Crippen molar-refractivity contribution in [2.24, 2.45) is 5.73 Å². The average molecular weight is 473 g/mol. The molecule has 6 aromatic rings. The third-order valence-electron chi connectivity index (χ3n) is 5.55. The highest BCUT2D eigenvalue weighted by atomic mass is 16.4. The predicted octanol–water partition coefficient (Wildman–Crippen LogP) is 6.20. The molecule has 176 valence electrons. The maximum absolute atomic E-state index is 9.00. The number of benzene rings is 4. The summed E-state index contributed by atoms with van der Waals surface area (Å²) in [6.07, 6.45) is 0. The van der Waals surface area contributed by atoms with Crippen molar-refractivity contribution in [2.45, 2.75) is 13.5 Å². The number of hydrogen-bond acceptors (Lipinski definition) is 5. The Morgan fingerprint density at radius 1 is 0.750 bits per heavy atom. The minimum absolute atomic E-state index is 0.462. The lowest BCUT2D eigenvalue weighted by molar-refractivity contribution is -0.134. The molecular weight excluding hydrogens is 448 g/mol. The smallest absolute Gasteiger partial charge is 0.300 e. The molecule has 0 aliphatic heterocycles. The second-order valence-electron chi connectivity index (χ2n) is 8.05. The number of carboxylic acids is 1. The first-order valence-electron chi connectivity index (χ1n) is 11.4. The number of pyridine rings is 2. The molecule has 0 aliphatic rings. The van der Waals surface area contributed by atoms with Crippen molar-refractivity contribution < 1.29 is 9.90 Å². The first-order valence-corrected chi connectivity index (χ1v) is 11.4. The van der Waals surface area contributed by atoms with Crippen molar-refractivity contribution in [3.8, 4) is 6.07 Å². The van der Waals surface area contributed by atoms with E-state index in [1.54, 1.807) is 6.07 Å². The molecule has 0 spiro atoms. The van der Waals surface area contributed by atoms with Gasteiger partial charge in [-0.15, -0.1) is 0 Å². The number of aliphatic carboxylic acids is 1. The van der Waals surface area contributed by atoms with Crippen LogP contribution in [0.5, 0.6) is 0 Å². The van der Waals surface area contributed by atoms with Crippen molar-refractivity contribution in [3.63, 3.8) is 0 Å². The molecule has 0 bridgehead atoms. The van der Waals surface area contributed by atoms with Gasteiger partial charge in [0.05, 0.1) is 16.7 Å². The SMILES string of the molecule is CC(=O)O.N#Cc1ccc2ccc3ccccc3c2n1.NCc1ccc2ccc3ccccc3c2n1. The van der Waals surface area contributed by atoms with Crippen LogP contribution >= 0.6 is 0 Å². The van der Waals surface area contributed by atoms with Crippen LogP contribution in [0.25, 0.3) is 43.4 Å². The second-order valence-corrected chi connectivity index (χ2v) is 8.05. The number of rotatable bonds is 1. The minimum atomic E-state index is -0.833. The van der Waals surface area contributed by atoms with Gasteiger partial charge in [0, 0.05) is 35.0 Å². The molecule has 4 aromatic carbocycles. The standard InChI is InChI=1S/C14H12N2.C14H8N2.C2H4O2/c2*15-9-12-8-7-11-6-5-10-3-1-2-4-13(10)14(11)16-12;1-2(3)4/h1-8H,9,15H2;1-8H;1H3,(H,3,4). The van der Waals surface area contributed by atoms with Gasteiger partial charge in [-0.25, -0.2) is 4.98 Å². The van der Waals surface area contributed by atoms with Gasteiger partial charge >= 0.3 is 0 Å². The Labute approximate surface area is 208 Å². The minimum Gasteiger partial charge on any atom is -0.481 e. The van der Waals surface area contributed by atoms with Gasteiger partial charge in [0.2, 0.25) is 0 Å². The molecule has 0 fully saturated rings. The van der Waals surface area contributed by atoms with Crippen LogP contribution in [-0.4, -0.2) is 21.0 Å². The molecule has 0 unspecified atom stereocenters. The van der Waals surface area contributed by atoms with Crippen LogP contribution in [-0.2, 0) is 11.3 Å². The zero-order valence-corrected chi connectivity index (χ0v) is 19.7. The van der Waals surface area contributed by atoms with E-state index in [4.69, 9.17) is 20.9 Å². The monoisotopic (exact) mass is 472 g/mol. The van der Waals surface area contributed by atoms with Crippen LogP contribution < -0.4 is 5.73 Å². The third-order valence-corrected chi connectivity index (χ3v) is 5.55. The lowest BCUT2D eigenvalue weighted by Gasteiger charge is -2.04. The molecule has 3 N–H and O–H groups in total. The maximum Gasteiger partial charge on any atom is 0.300 e. The van der Waals surface area contributed by atoms with E-state index < -0.39 is 5.97 Å². The summed E-state index contributed by atoms with van der Waals surface area (Å²) in [5.41, 5.74) is 8.96. The molecule has 0 amide bonds. The molecule has 2 aromatic heterocycles.